The lowest BCUT2D eigenvalue weighted by Crippen LogP contribution is -2.50. The van der Waals surface area contributed by atoms with Crippen molar-refractivity contribution in [3.63, 3.8) is 0 Å². The van der Waals surface area contributed by atoms with Crippen molar-refractivity contribution in [2.24, 2.45) is 0 Å². The van der Waals surface area contributed by atoms with E-state index < -0.39 is 5.60 Å². The fourth-order valence-electron chi connectivity index (χ4n) is 4.17. The third kappa shape index (κ3) is 5.36. The van der Waals surface area contributed by atoms with Gasteiger partial charge in [-0.05, 0) is 51.1 Å². The molecule has 8 nitrogen and oxygen atoms in total. The number of anilines is 4. The van der Waals surface area contributed by atoms with Gasteiger partial charge in [0.05, 0.1) is 11.9 Å². The first-order valence-corrected chi connectivity index (χ1v) is 11.3. The highest BCUT2D eigenvalue weighted by molar-refractivity contribution is 5.69. The molecule has 0 aliphatic carbocycles. The molecule has 2 aliphatic heterocycles. The van der Waals surface area contributed by atoms with Crippen LogP contribution in [0.2, 0.25) is 0 Å². The zero-order valence-corrected chi connectivity index (χ0v) is 19.3. The van der Waals surface area contributed by atoms with E-state index in [0.717, 1.165) is 45.0 Å². The fourth-order valence-corrected chi connectivity index (χ4v) is 4.17. The molecule has 2 fully saturated rings. The Morgan fingerprint density at radius 2 is 1.38 bits per heavy atom. The quantitative estimate of drug-likeness (QED) is 0.789. The van der Waals surface area contributed by atoms with Crippen LogP contribution in [-0.4, -0.2) is 73.9 Å². The summed E-state index contributed by atoms with van der Waals surface area (Å²) in [5.74, 6) is 0.552. The SMILES string of the molecule is CC(C)(C)OC(=O)N1CCN(c2cccc(N3CCN(c4ccc(N)nc4)CC3)c2)CC1. The molecule has 0 spiro atoms. The lowest BCUT2D eigenvalue weighted by molar-refractivity contribution is 0.0240. The van der Waals surface area contributed by atoms with E-state index >= 15 is 0 Å². The van der Waals surface area contributed by atoms with E-state index in [1.54, 1.807) is 4.90 Å². The number of ether oxygens (including phenoxy) is 1. The molecule has 0 atom stereocenters. The number of nitrogen functional groups attached to an aromatic ring is 1. The molecule has 32 heavy (non-hydrogen) atoms. The van der Waals surface area contributed by atoms with Crippen molar-refractivity contribution in [3.05, 3.63) is 42.6 Å². The molecule has 0 bridgehead atoms. The Morgan fingerprint density at radius 3 is 1.88 bits per heavy atom. The second-order valence-corrected chi connectivity index (χ2v) is 9.39. The highest BCUT2D eigenvalue weighted by atomic mass is 16.6. The molecule has 4 rings (SSSR count). The van der Waals surface area contributed by atoms with Crippen molar-refractivity contribution in [1.82, 2.24) is 9.88 Å². The lowest BCUT2D eigenvalue weighted by Gasteiger charge is -2.39. The van der Waals surface area contributed by atoms with Gasteiger partial charge in [-0.15, -0.1) is 0 Å². The molecule has 1 aromatic carbocycles. The van der Waals surface area contributed by atoms with E-state index in [1.807, 2.05) is 39.1 Å². The van der Waals surface area contributed by atoms with Crippen LogP contribution in [0.4, 0.5) is 27.7 Å². The van der Waals surface area contributed by atoms with E-state index in [2.05, 4.69) is 43.9 Å². The van der Waals surface area contributed by atoms with Gasteiger partial charge in [0.25, 0.3) is 0 Å². The van der Waals surface area contributed by atoms with E-state index in [4.69, 9.17) is 10.5 Å². The number of hydrogen-bond donors (Lipinski definition) is 1. The van der Waals surface area contributed by atoms with Crippen LogP contribution >= 0.6 is 0 Å². The maximum absolute atomic E-state index is 12.3. The van der Waals surface area contributed by atoms with Gasteiger partial charge in [-0.3, -0.25) is 0 Å². The molecule has 2 N–H and O–H groups in total. The summed E-state index contributed by atoms with van der Waals surface area (Å²) in [5.41, 5.74) is 8.82. The Morgan fingerprint density at radius 1 is 0.844 bits per heavy atom. The number of amides is 1. The Bertz CT molecular complexity index is 911. The van der Waals surface area contributed by atoms with E-state index in [-0.39, 0.29) is 6.09 Å². The third-order valence-corrected chi connectivity index (χ3v) is 5.91. The van der Waals surface area contributed by atoms with E-state index in [9.17, 15) is 4.79 Å². The Labute approximate surface area is 190 Å². The number of benzene rings is 1. The Balaban J connectivity index is 1.32. The van der Waals surface area contributed by atoms with Gasteiger partial charge >= 0.3 is 6.09 Å². The summed E-state index contributed by atoms with van der Waals surface area (Å²) in [6, 6.07) is 12.6. The van der Waals surface area contributed by atoms with Crippen LogP contribution in [0.25, 0.3) is 0 Å². The molecule has 2 saturated heterocycles. The van der Waals surface area contributed by atoms with Crippen LogP contribution in [0, 0.1) is 0 Å². The van der Waals surface area contributed by atoms with Crippen LogP contribution < -0.4 is 20.4 Å². The summed E-state index contributed by atoms with van der Waals surface area (Å²) in [7, 11) is 0. The van der Waals surface area contributed by atoms with Crippen molar-refractivity contribution >= 4 is 29.0 Å². The number of carbonyl (C=O) groups is 1. The number of aromatic nitrogens is 1. The van der Waals surface area contributed by atoms with Gasteiger partial charge in [0.15, 0.2) is 0 Å². The monoisotopic (exact) mass is 438 g/mol. The van der Waals surface area contributed by atoms with Gasteiger partial charge in [0.1, 0.15) is 11.4 Å². The highest BCUT2D eigenvalue weighted by Gasteiger charge is 2.26. The zero-order valence-electron chi connectivity index (χ0n) is 19.3. The molecule has 1 aromatic heterocycles. The second kappa shape index (κ2) is 9.14. The van der Waals surface area contributed by atoms with Crippen LogP contribution in [0.5, 0.6) is 0 Å². The molecule has 8 heteroatoms. The topological polar surface area (TPSA) is 78.2 Å². The number of nitrogens with two attached hydrogens (primary N) is 1. The molecular weight excluding hydrogens is 404 g/mol. The summed E-state index contributed by atoms with van der Waals surface area (Å²) in [6.45, 7) is 12.5. The lowest BCUT2D eigenvalue weighted by atomic mass is 10.2. The molecule has 1 amide bonds. The first-order chi connectivity index (χ1) is 15.3. The molecule has 0 radical (unpaired) electrons. The minimum Gasteiger partial charge on any atom is -0.444 e. The fraction of sp³-hybridized carbons (Fsp3) is 0.500. The second-order valence-electron chi connectivity index (χ2n) is 9.39. The number of hydrogen-bond acceptors (Lipinski definition) is 7. The van der Waals surface area contributed by atoms with Gasteiger partial charge in [-0.25, -0.2) is 9.78 Å². The van der Waals surface area contributed by atoms with Gasteiger partial charge in [0.2, 0.25) is 0 Å². The van der Waals surface area contributed by atoms with Crippen molar-refractivity contribution in [2.75, 3.05) is 72.8 Å². The first kappa shape index (κ1) is 22.0. The maximum atomic E-state index is 12.3. The minimum atomic E-state index is -0.461. The van der Waals surface area contributed by atoms with Gasteiger partial charge in [-0.1, -0.05) is 6.07 Å². The van der Waals surface area contributed by atoms with Crippen molar-refractivity contribution < 1.29 is 9.53 Å². The predicted octanol–water partition coefficient (Wildman–Crippen LogP) is 3.05. The van der Waals surface area contributed by atoms with Gasteiger partial charge in [-0.2, -0.15) is 0 Å². The van der Waals surface area contributed by atoms with Crippen molar-refractivity contribution in [2.45, 2.75) is 26.4 Å². The first-order valence-electron chi connectivity index (χ1n) is 11.3. The van der Waals surface area contributed by atoms with E-state index in [1.165, 1.54) is 11.4 Å². The number of rotatable bonds is 3. The highest BCUT2D eigenvalue weighted by Crippen LogP contribution is 2.26. The predicted molar refractivity (Wildman–Crippen MR) is 130 cm³/mol. The largest absolute Gasteiger partial charge is 0.444 e. The molecule has 3 heterocycles. The zero-order chi connectivity index (χ0) is 22.7. The summed E-state index contributed by atoms with van der Waals surface area (Å²) in [6.07, 6.45) is 1.63. The number of nitrogens with zero attached hydrogens (tertiary/aromatic N) is 5. The number of carbonyl (C=O) groups excluding carboxylic acids is 1. The van der Waals surface area contributed by atoms with Crippen molar-refractivity contribution in [3.8, 4) is 0 Å². The van der Waals surface area contributed by atoms with Crippen LogP contribution in [0.3, 0.4) is 0 Å². The summed E-state index contributed by atoms with van der Waals surface area (Å²) in [4.78, 5) is 25.5. The summed E-state index contributed by atoms with van der Waals surface area (Å²) < 4.78 is 5.51. The molecule has 0 unspecified atom stereocenters. The normalized spacial score (nSPS) is 17.5. The third-order valence-electron chi connectivity index (χ3n) is 5.91. The van der Waals surface area contributed by atoms with Crippen LogP contribution in [0.1, 0.15) is 20.8 Å². The summed E-state index contributed by atoms with van der Waals surface area (Å²) in [5, 5.41) is 0. The Kier molecular flexibility index (Phi) is 6.30. The maximum Gasteiger partial charge on any atom is 0.410 e. The average molecular weight is 439 g/mol. The standard InChI is InChI=1S/C24H34N6O2/c1-24(2,3)32-23(31)30-15-13-28(14-16-30)20-6-4-5-19(17-20)27-9-11-29(12-10-27)21-7-8-22(25)26-18-21/h4-8,17-18H,9-16H2,1-3H3,(H2,25,26). The van der Waals surface area contributed by atoms with Crippen LogP contribution in [-0.2, 0) is 4.74 Å². The Hall–Kier alpha value is -3.16. The van der Waals surface area contributed by atoms with Gasteiger partial charge in [0, 0.05) is 63.7 Å². The molecule has 0 saturated carbocycles. The number of pyridine rings is 1. The smallest absolute Gasteiger partial charge is 0.410 e. The molecular formula is C24H34N6O2. The molecule has 2 aliphatic rings. The molecule has 2 aromatic rings. The van der Waals surface area contributed by atoms with Crippen LogP contribution in [0.15, 0.2) is 42.6 Å². The minimum absolute atomic E-state index is 0.222. The van der Waals surface area contributed by atoms with Crippen molar-refractivity contribution in [1.29, 1.82) is 0 Å². The number of piperazine rings is 2. The average Bonchev–Trinajstić information content (AvgIpc) is 2.79. The molecule has 172 valence electrons. The van der Waals surface area contributed by atoms with E-state index in [0.29, 0.717) is 18.9 Å². The summed E-state index contributed by atoms with van der Waals surface area (Å²) >= 11 is 0. The van der Waals surface area contributed by atoms with Gasteiger partial charge < -0.3 is 30.1 Å².